The van der Waals surface area contributed by atoms with Crippen LogP contribution in [-0.4, -0.2) is 114 Å². The summed E-state index contributed by atoms with van der Waals surface area (Å²) in [5.41, 5.74) is 6.90. The van der Waals surface area contributed by atoms with Crippen molar-refractivity contribution < 1.29 is 43.1 Å². The molecule has 0 radical (unpaired) electrons. The number of aliphatic hydroxyl groups is 1. The maximum atomic E-state index is 15.4. The highest BCUT2D eigenvalue weighted by Gasteiger charge is 2.61. The van der Waals surface area contributed by atoms with Gasteiger partial charge in [0.25, 0.3) is 0 Å². The summed E-state index contributed by atoms with van der Waals surface area (Å²) in [4.78, 5) is 39.0. The van der Waals surface area contributed by atoms with Crippen LogP contribution >= 0.6 is 11.8 Å². The van der Waals surface area contributed by atoms with Crippen molar-refractivity contribution >= 4 is 34.4 Å². The standard InChI is InChI=1S/C47H52N4O9S/c1-8-15-50-16-14-29-28-12-10-11-13-30(28)48-45(29)47(50)22-61-44-36-35(43-41(58-23-59-43)25(4)40(36)60-26(5)52)32(20-56-21-33(47)53)51-38(44)37-34-27(19-31(46(51)54)49(37)6)18-24(3)39(55-7)42(34)57-17-9-2/h8-13,18,31-32,37-38,44,46,48,54H,1-2,14-17,19-23H2,3-7H3/t31-,32+,37+,38?,44-,46+,47+/m1/s1. The number of hydrogen-bond donors (Lipinski definition) is 2. The van der Waals surface area contributed by atoms with Crippen molar-refractivity contribution in [3.63, 3.8) is 0 Å². The van der Waals surface area contributed by atoms with E-state index in [1.165, 1.54) is 6.92 Å². The van der Waals surface area contributed by atoms with Crippen molar-refractivity contribution in [2.24, 2.45) is 0 Å². The Bertz CT molecular complexity index is 2500. The number of ketones is 1. The normalized spacial score (nSPS) is 28.1. The Morgan fingerprint density at radius 3 is 2.67 bits per heavy atom. The van der Waals surface area contributed by atoms with Gasteiger partial charge in [0.2, 0.25) is 6.79 Å². The zero-order valence-corrected chi connectivity index (χ0v) is 36.1. The van der Waals surface area contributed by atoms with Crippen LogP contribution in [0.4, 0.5) is 0 Å². The summed E-state index contributed by atoms with van der Waals surface area (Å²) in [6.07, 6.45) is 3.91. The van der Waals surface area contributed by atoms with Crippen LogP contribution in [0.2, 0.25) is 0 Å². The summed E-state index contributed by atoms with van der Waals surface area (Å²) < 4.78 is 38.2. The lowest BCUT2D eigenvalue weighted by molar-refractivity contribution is -0.181. The molecule has 13 nitrogen and oxygen atoms in total. The second-order valence-corrected chi connectivity index (χ2v) is 18.1. The number of ether oxygens (including phenoxy) is 6. The molecule has 320 valence electrons. The number of aliphatic hydroxyl groups excluding tert-OH is 1. The van der Waals surface area contributed by atoms with Crippen LogP contribution in [0.25, 0.3) is 10.9 Å². The maximum Gasteiger partial charge on any atom is 0.308 e. The number of aromatic amines is 1. The van der Waals surface area contributed by atoms with E-state index in [0.717, 1.165) is 56.4 Å². The van der Waals surface area contributed by atoms with Crippen molar-refractivity contribution in [2.75, 3.05) is 59.6 Å². The molecule has 0 saturated carbocycles. The zero-order chi connectivity index (χ0) is 42.5. The Morgan fingerprint density at radius 1 is 1.10 bits per heavy atom. The number of piperazine rings is 1. The molecule has 2 saturated heterocycles. The highest BCUT2D eigenvalue weighted by atomic mass is 32.2. The van der Waals surface area contributed by atoms with E-state index in [0.29, 0.717) is 59.6 Å². The lowest BCUT2D eigenvalue weighted by Crippen LogP contribution is -2.69. The molecule has 7 aliphatic rings. The van der Waals surface area contributed by atoms with Gasteiger partial charge in [-0.3, -0.25) is 24.3 Å². The molecule has 2 N–H and O–H groups in total. The van der Waals surface area contributed by atoms with E-state index in [-0.39, 0.29) is 44.5 Å². The SMILES string of the molecule is C=CCOc1c(OC)c(C)cc2c1[C@H]1C3[C@@H]4SC[C@]5(C(=O)COC[C@@H](c6c7c(c(C)c(OC(C)=O)c64)OCO7)N3[C@@H](O)[C@@H](C2)N1C)c1[nH]c2ccccc2c1CCN5CC=C. The molecule has 11 rings (SSSR count). The van der Waals surface area contributed by atoms with E-state index in [1.807, 2.05) is 32.1 Å². The molecule has 0 amide bonds. The molecule has 1 spiro atoms. The zero-order valence-electron chi connectivity index (χ0n) is 35.2. The molecule has 1 aromatic heterocycles. The number of nitrogens with zero attached hydrogens (tertiary/aromatic N) is 3. The van der Waals surface area contributed by atoms with Gasteiger partial charge in [-0.15, -0.1) is 18.3 Å². The monoisotopic (exact) mass is 848 g/mol. The molecule has 4 bridgehead atoms. The predicted octanol–water partition coefficient (Wildman–Crippen LogP) is 5.98. The third-order valence-electron chi connectivity index (χ3n) is 13.9. The highest BCUT2D eigenvalue weighted by molar-refractivity contribution is 7.99. The van der Waals surface area contributed by atoms with E-state index in [2.05, 4.69) is 58.1 Å². The molecule has 2 fully saturated rings. The number of nitrogens with one attached hydrogen (secondary N) is 1. The summed E-state index contributed by atoms with van der Waals surface area (Å²) in [5.74, 6) is 2.45. The number of carbonyl (C=O) groups excluding carboxylic acids is 2. The van der Waals surface area contributed by atoms with Crippen molar-refractivity contribution in [1.82, 2.24) is 19.7 Å². The molecule has 8 heterocycles. The Hall–Kier alpha value is -4.83. The van der Waals surface area contributed by atoms with Crippen LogP contribution in [-0.2, 0) is 32.7 Å². The van der Waals surface area contributed by atoms with Gasteiger partial charge in [-0.05, 0) is 56.5 Å². The Labute approximate surface area is 359 Å². The Kier molecular flexibility index (Phi) is 10.0. The first kappa shape index (κ1) is 40.3. The Morgan fingerprint density at radius 2 is 1.90 bits per heavy atom. The van der Waals surface area contributed by atoms with Crippen LogP contribution in [0.5, 0.6) is 28.7 Å². The molecular weight excluding hydrogens is 797 g/mol. The van der Waals surface area contributed by atoms with Crippen LogP contribution in [0.1, 0.15) is 68.9 Å². The van der Waals surface area contributed by atoms with E-state index in [4.69, 9.17) is 28.4 Å². The van der Waals surface area contributed by atoms with Crippen molar-refractivity contribution in [3.8, 4) is 28.7 Å². The molecule has 14 heteroatoms. The van der Waals surface area contributed by atoms with Crippen molar-refractivity contribution in [2.45, 2.75) is 74.8 Å². The summed E-state index contributed by atoms with van der Waals surface area (Å²) in [6, 6.07) is 8.56. The van der Waals surface area contributed by atoms with Gasteiger partial charge in [0.1, 0.15) is 30.7 Å². The molecule has 61 heavy (non-hydrogen) atoms. The number of rotatable bonds is 7. The number of likely N-dealkylation sites (N-methyl/N-ethyl adjacent to an activating group) is 1. The number of methoxy groups -OCH3 is 1. The predicted molar refractivity (Wildman–Crippen MR) is 231 cm³/mol. The summed E-state index contributed by atoms with van der Waals surface area (Å²) >= 11 is 1.64. The average molecular weight is 849 g/mol. The number of Topliss-reactive ketones (excluding diaryl/α,β-unsaturated/α-hetero) is 1. The lowest BCUT2D eigenvalue weighted by atomic mass is 9.73. The molecule has 4 aromatic rings. The van der Waals surface area contributed by atoms with Gasteiger partial charge in [0, 0.05) is 70.7 Å². The first-order chi connectivity index (χ1) is 29.5. The smallest absolute Gasteiger partial charge is 0.308 e. The molecule has 0 aliphatic carbocycles. The number of hydrogen-bond acceptors (Lipinski definition) is 13. The third-order valence-corrected chi connectivity index (χ3v) is 15.4. The topological polar surface area (TPSA) is 135 Å². The van der Waals surface area contributed by atoms with E-state index in [9.17, 15) is 9.90 Å². The highest BCUT2D eigenvalue weighted by Crippen LogP contribution is 2.64. The second kappa shape index (κ2) is 15.2. The molecular formula is C47H52N4O9S. The van der Waals surface area contributed by atoms with E-state index < -0.39 is 35.1 Å². The number of esters is 1. The van der Waals surface area contributed by atoms with Crippen LogP contribution in [0, 0.1) is 13.8 Å². The van der Waals surface area contributed by atoms with Gasteiger partial charge >= 0.3 is 5.97 Å². The average Bonchev–Trinajstić information content (AvgIpc) is 3.88. The fraction of sp³-hybridized carbons (Fsp3) is 0.447. The number of benzene rings is 3. The summed E-state index contributed by atoms with van der Waals surface area (Å²) in [6.45, 7) is 14.6. The van der Waals surface area contributed by atoms with Crippen molar-refractivity contribution in [1.29, 1.82) is 0 Å². The number of thioether (sulfide) groups is 1. The van der Waals surface area contributed by atoms with Gasteiger partial charge in [0.05, 0.1) is 37.1 Å². The first-order valence-electron chi connectivity index (χ1n) is 21.0. The number of carbonyl (C=O) groups is 2. The van der Waals surface area contributed by atoms with Crippen LogP contribution < -0.4 is 23.7 Å². The van der Waals surface area contributed by atoms with Gasteiger partial charge in [-0.1, -0.05) is 43.0 Å². The molecule has 3 aromatic carbocycles. The van der Waals surface area contributed by atoms with Gasteiger partial charge in [0.15, 0.2) is 28.8 Å². The Balaban J connectivity index is 1.27. The summed E-state index contributed by atoms with van der Waals surface area (Å²) in [7, 11) is 3.72. The third kappa shape index (κ3) is 5.79. The second-order valence-electron chi connectivity index (χ2n) is 17.0. The van der Waals surface area contributed by atoms with Crippen LogP contribution in [0.15, 0.2) is 55.6 Å². The number of aryl methyl sites for hydroxylation is 1. The number of aromatic nitrogens is 1. The number of fused-ring (bicyclic) bond motifs is 12. The largest absolute Gasteiger partial charge is 0.493 e. The minimum Gasteiger partial charge on any atom is -0.493 e. The van der Waals surface area contributed by atoms with Gasteiger partial charge < -0.3 is 38.5 Å². The fourth-order valence-corrected chi connectivity index (χ4v) is 13.3. The molecule has 1 unspecified atom stereocenters. The quantitative estimate of drug-likeness (QED) is 0.129. The van der Waals surface area contributed by atoms with Crippen LogP contribution in [0.3, 0.4) is 0 Å². The van der Waals surface area contributed by atoms with E-state index >= 15 is 4.79 Å². The maximum absolute atomic E-state index is 15.4. The number of H-pyrrole nitrogens is 1. The van der Waals surface area contributed by atoms with Gasteiger partial charge in [-0.25, -0.2) is 0 Å². The molecule has 7 aliphatic heterocycles. The lowest BCUT2D eigenvalue weighted by Gasteiger charge is -2.62. The minimum absolute atomic E-state index is 0.0186. The van der Waals surface area contributed by atoms with Gasteiger partial charge in [-0.2, -0.15) is 0 Å². The fourth-order valence-electron chi connectivity index (χ4n) is 11.5. The van der Waals surface area contributed by atoms with Crippen molar-refractivity contribution in [3.05, 3.63) is 100 Å². The summed E-state index contributed by atoms with van der Waals surface area (Å²) in [5, 5.41) is 13.5. The number of para-hydroxylation sites is 1. The van der Waals surface area contributed by atoms with E-state index in [1.54, 1.807) is 24.9 Å². The minimum atomic E-state index is -1.16. The molecule has 7 atom stereocenters. The first-order valence-corrected chi connectivity index (χ1v) is 22.0.